The fraction of sp³-hybridized carbons (Fsp3) is 0.643. The standard InChI is InChI=1S/C14H22N6O.ClH/c1-9-17-14(10-4-5-12(15)13(6-10)21-3)20(18-9)11-7-16-19(2)8-11;/h7-8,10,12-13H,4-6,15H2,1-3H3;1H/t10-,12+,13+;/m0./s1. The van der Waals surface area contributed by atoms with Crippen LogP contribution in [0.3, 0.4) is 0 Å². The molecule has 3 rings (SSSR count). The van der Waals surface area contributed by atoms with Gasteiger partial charge < -0.3 is 10.5 Å². The zero-order chi connectivity index (χ0) is 15.0. The van der Waals surface area contributed by atoms with Gasteiger partial charge in [0, 0.05) is 26.1 Å². The summed E-state index contributed by atoms with van der Waals surface area (Å²) in [6.07, 6.45) is 6.68. The molecule has 0 spiro atoms. The Morgan fingerprint density at radius 3 is 2.77 bits per heavy atom. The van der Waals surface area contributed by atoms with Crippen molar-refractivity contribution in [2.24, 2.45) is 12.8 Å². The highest BCUT2D eigenvalue weighted by Crippen LogP contribution is 2.33. The van der Waals surface area contributed by atoms with Gasteiger partial charge in [0.15, 0.2) is 0 Å². The predicted molar refractivity (Wildman–Crippen MR) is 85.5 cm³/mol. The fourth-order valence-corrected chi connectivity index (χ4v) is 3.06. The van der Waals surface area contributed by atoms with Gasteiger partial charge in [-0.1, -0.05) is 0 Å². The van der Waals surface area contributed by atoms with Crippen molar-refractivity contribution in [1.82, 2.24) is 24.5 Å². The molecule has 2 aromatic heterocycles. The van der Waals surface area contributed by atoms with E-state index >= 15 is 0 Å². The van der Waals surface area contributed by atoms with E-state index in [9.17, 15) is 0 Å². The predicted octanol–water partition coefficient (Wildman–Crippen LogP) is 1.34. The maximum absolute atomic E-state index is 6.11. The summed E-state index contributed by atoms with van der Waals surface area (Å²) >= 11 is 0. The molecule has 2 aromatic rings. The Balaban J connectivity index is 0.00000176. The van der Waals surface area contributed by atoms with Crippen LogP contribution in [-0.4, -0.2) is 43.8 Å². The van der Waals surface area contributed by atoms with Gasteiger partial charge in [-0.25, -0.2) is 9.67 Å². The number of halogens is 1. The van der Waals surface area contributed by atoms with E-state index in [-0.39, 0.29) is 24.6 Å². The van der Waals surface area contributed by atoms with Crippen LogP contribution in [0.4, 0.5) is 0 Å². The third-order valence-corrected chi connectivity index (χ3v) is 4.18. The van der Waals surface area contributed by atoms with Crippen molar-refractivity contribution in [3.63, 3.8) is 0 Å². The molecule has 3 atom stereocenters. The van der Waals surface area contributed by atoms with E-state index in [0.29, 0.717) is 5.92 Å². The van der Waals surface area contributed by atoms with Crippen LogP contribution in [0.1, 0.15) is 36.8 Å². The molecule has 0 radical (unpaired) electrons. The van der Waals surface area contributed by atoms with Crippen LogP contribution >= 0.6 is 12.4 Å². The van der Waals surface area contributed by atoms with Gasteiger partial charge in [-0.3, -0.25) is 4.68 Å². The number of ether oxygens (including phenoxy) is 1. The van der Waals surface area contributed by atoms with Gasteiger partial charge in [-0.15, -0.1) is 12.4 Å². The Kier molecular flexibility index (Phi) is 5.20. The minimum absolute atomic E-state index is 0. The van der Waals surface area contributed by atoms with E-state index in [1.165, 1.54) is 0 Å². The van der Waals surface area contributed by atoms with Crippen molar-refractivity contribution in [3.8, 4) is 5.69 Å². The zero-order valence-electron chi connectivity index (χ0n) is 13.1. The Hall–Kier alpha value is -1.44. The molecule has 0 bridgehead atoms. The quantitative estimate of drug-likeness (QED) is 0.920. The second-order valence-electron chi connectivity index (χ2n) is 5.75. The molecule has 22 heavy (non-hydrogen) atoms. The van der Waals surface area contributed by atoms with E-state index < -0.39 is 0 Å². The van der Waals surface area contributed by atoms with Crippen molar-refractivity contribution in [2.45, 2.75) is 44.2 Å². The Labute approximate surface area is 136 Å². The first-order valence-electron chi connectivity index (χ1n) is 7.29. The summed E-state index contributed by atoms with van der Waals surface area (Å²) < 4.78 is 9.18. The molecule has 1 aliphatic rings. The monoisotopic (exact) mass is 326 g/mol. The Bertz CT molecular complexity index is 625. The van der Waals surface area contributed by atoms with Gasteiger partial charge in [-0.2, -0.15) is 10.2 Å². The van der Waals surface area contributed by atoms with Gasteiger partial charge in [0.1, 0.15) is 17.3 Å². The highest BCUT2D eigenvalue weighted by Gasteiger charge is 2.32. The number of nitrogens with zero attached hydrogens (tertiary/aromatic N) is 5. The summed E-state index contributed by atoms with van der Waals surface area (Å²) in [7, 11) is 3.62. The average molecular weight is 327 g/mol. The van der Waals surface area contributed by atoms with E-state index in [1.807, 2.05) is 24.9 Å². The van der Waals surface area contributed by atoms with Crippen LogP contribution in [0, 0.1) is 6.92 Å². The van der Waals surface area contributed by atoms with Gasteiger partial charge in [0.25, 0.3) is 0 Å². The fourth-order valence-electron chi connectivity index (χ4n) is 3.06. The highest BCUT2D eigenvalue weighted by molar-refractivity contribution is 5.85. The molecule has 1 aliphatic carbocycles. The molecular formula is C14H23ClN6O. The molecule has 0 aromatic carbocycles. The molecule has 1 saturated carbocycles. The number of nitrogens with two attached hydrogens (primary N) is 1. The second kappa shape index (κ2) is 6.76. The maximum Gasteiger partial charge on any atom is 0.148 e. The number of hydrogen-bond acceptors (Lipinski definition) is 5. The van der Waals surface area contributed by atoms with Gasteiger partial charge in [0.2, 0.25) is 0 Å². The number of aromatic nitrogens is 5. The average Bonchev–Trinajstić information content (AvgIpc) is 3.05. The van der Waals surface area contributed by atoms with Gasteiger partial charge in [-0.05, 0) is 26.2 Å². The van der Waals surface area contributed by atoms with Crippen LogP contribution in [0.2, 0.25) is 0 Å². The number of aryl methyl sites for hydroxylation is 2. The van der Waals surface area contributed by atoms with Crippen LogP contribution in [0.25, 0.3) is 5.69 Å². The molecule has 0 amide bonds. The molecule has 2 heterocycles. The second-order valence-corrected chi connectivity index (χ2v) is 5.75. The van der Waals surface area contributed by atoms with Crippen LogP contribution in [-0.2, 0) is 11.8 Å². The van der Waals surface area contributed by atoms with E-state index in [2.05, 4.69) is 15.2 Å². The molecule has 0 unspecified atom stereocenters. The number of hydrogen-bond donors (Lipinski definition) is 1. The normalized spacial score (nSPS) is 25.0. The lowest BCUT2D eigenvalue weighted by atomic mass is 9.83. The third-order valence-electron chi connectivity index (χ3n) is 4.18. The highest BCUT2D eigenvalue weighted by atomic mass is 35.5. The van der Waals surface area contributed by atoms with Crippen molar-refractivity contribution < 1.29 is 4.74 Å². The van der Waals surface area contributed by atoms with Crippen molar-refractivity contribution >= 4 is 12.4 Å². The van der Waals surface area contributed by atoms with Gasteiger partial charge in [0.05, 0.1) is 18.5 Å². The van der Waals surface area contributed by atoms with E-state index in [4.69, 9.17) is 10.5 Å². The first-order valence-corrected chi connectivity index (χ1v) is 7.29. The summed E-state index contributed by atoms with van der Waals surface area (Å²) in [6.45, 7) is 1.92. The van der Waals surface area contributed by atoms with Crippen molar-refractivity contribution in [2.75, 3.05) is 7.11 Å². The minimum atomic E-state index is 0. The lowest BCUT2D eigenvalue weighted by Gasteiger charge is -2.32. The number of methoxy groups -OCH3 is 1. The summed E-state index contributed by atoms with van der Waals surface area (Å²) in [4.78, 5) is 4.63. The molecule has 0 aliphatic heterocycles. The Morgan fingerprint density at radius 2 is 2.14 bits per heavy atom. The molecule has 122 valence electrons. The van der Waals surface area contributed by atoms with Crippen LogP contribution < -0.4 is 5.73 Å². The largest absolute Gasteiger partial charge is 0.380 e. The van der Waals surface area contributed by atoms with Gasteiger partial charge >= 0.3 is 0 Å². The zero-order valence-corrected chi connectivity index (χ0v) is 14.0. The summed E-state index contributed by atoms with van der Waals surface area (Å²) in [6, 6.07) is 0.113. The smallest absolute Gasteiger partial charge is 0.148 e. The van der Waals surface area contributed by atoms with E-state index in [0.717, 1.165) is 36.6 Å². The molecule has 0 saturated heterocycles. The molecule has 7 nitrogen and oxygen atoms in total. The SMILES string of the molecule is CO[C@@H]1C[C@@H](c2nc(C)nn2-c2cnn(C)c2)CC[C@H]1N.Cl. The lowest BCUT2D eigenvalue weighted by Crippen LogP contribution is -2.41. The van der Waals surface area contributed by atoms with Crippen LogP contribution in [0.5, 0.6) is 0 Å². The van der Waals surface area contributed by atoms with Crippen molar-refractivity contribution in [3.05, 3.63) is 24.0 Å². The van der Waals surface area contributed by atoms with E-state index in [1.54, 1.807) is 18.0 Å². The Morgan fingerprint density at radius 1 is 1.36 bits per heavy atom. The minimum Gasteiger partial charge on any atom is -0.380 e. The molecule has 2 N–H and O–H groups in total. The van der Waals surface area contributed by atoms with Crippen LogP contribution in [0.15, 0.2) is 12.4 Å². The topological polar surface area (TPSA) is 83.8 Å². The molecular weight excluding hydrogens is 304 g/mol. The third kappa shape index (κ3) is 3.16. The summed E-state index contributed by atoms with van der Waals surface area (Å²) in [5.74, 6) is 2.07. The first-order chi connectivity index (χ1) is 10.1. The summed E-state index contributed by atoms with van der Waals surface area (Å²) in [5.41, 5.74) is 7.05. The molecule has 8 heteroatoms. The number of rotatable bonds is 3. The summed E-state index contributed by atoms with van der Waals surface area (Å²) in [5, 5.41) is 8.73. The van der Waals surface area contributed by atoms with Crippen molar-refractivity contribution in [1.29, 1.82) is 0 Å². The first kappa shape index (κ1) is 16.9. The molecule has 1 fully saturated rings. The lowest BCUT2D eigenvalue weighted by molar-refractivity contribution is 0.0459. The maximum atomic E-state index is 6.11.